The van der Waals surface area contributed by atoms with Crippen molar-refractivity contribution in [2.24, 2.45) is 11.7 Å². The van der Waals surface area contributed by atoms with Crippen molar-refractivity contribution in [3.05, 3.63) is 70.8 Å². The number of benzene rings is 2. The highest BCUT2D eigenvalue weighted by molar-refractivity contribution is 6.30. The molecule has 5 nitrogen and oxygen atoms in total. The fourth-order valence-electron chi connectivity index (χ4n) is 3.15. The van der Waals surface area contributed by atoms with Crippen molar-refractivity contribution >= 4 is 11.6 Å². The Hall–Kier alpha value is -2.31. The summed E-state index contributed by atoms with van der Waals surface area (Å²) in [6, 6.07) is 13.8. The molecule has 0 radical (unpaired) electrons. The van der Waals surface area contributed by atoms with E-state index in [4.69, 9.17) is 17.3 Å². The van der Waals surface area contributed by atoms with Crippen molar-refractivity contribution in [3.63, 3.8) is 0 Å². The van der Waals surface area contributed by atoms with Crippen LogP contribution < -0.4 is 5.73 Å². The molecular weight excluding hydrogens is 341 g/mol. The van der Waals surface area contributed by atoms with Gasteiger partial charge in [0.2, 0.25) is 0 Å². The van der Waals surface area contributed by atoms with E-state index in [0.29, 0.717) is 22.5 Å². The maximum Gasteiger partial charge on any atom is 0.165 e. The summed E-state index contributed by atoms with van der Waals surface area (Å²) in [6.07, 6.45) is 2.18. The first-order valence-electron chi connectivity index (χ1n) is 8.19. The van der Waals surface area contributed by atoms with Gasteiger partial charge in [0.15, 0.2) is 5.82 Å². The van der Waals surface area contributed by atoms with Crippen LogP contribution in [0.25, 0.3) is 5.69 Å². The molecule has 1 fully saturated rings. The molecule has 1 aliphatic carbocycles. The maximum absolute atomic E-state index is 14.3. The van der Waals surface area contributed by atoms with E-state index >= 15 is 0 Å². The number of aromatic nitrogens is 4. The zero-order valence-electron chi connectivity index (χ0n) is 13.4. The van der Waals surface area contributed by atoms with Crippen LogP contribution in [0.4, 0.5) is 4.39 Å². The first-order valence-corrected chi connectivity index (χ1v) is 8.57. The quantitative estimate of drug-likeness (QED) is 0.760. The predicted octanol–water partition coefficient (Wildman–Crippen LogP) is 3.32. The molecule has 25 heavy (non-hydrogen) atoms. The number of hydrogen-bond acceptors (Lipinski definition) is 4. The molecule has 128 valence electrons. The number of hydrogen-bond donors (Lipinski definition) is 1. The Kier molecular flexibility index (Phi) is 4.23. The minimum atomic E-state index is -0.383. The van der Waals surface area contributed by atoms with Crippen molar-refractivity contribution in [1.82, 2.24) is 20.2 Å². The van der Waals surface area contributed by atoms with Gasteiger partial charge in [-0.2, -0.15) is 4.68 Å². The van der Waals surface area contributed by atoms with Crippen molar-refractivity contribution in [2.75, 3.05) is 0 Å². The van der Waals surface area contributed by atoms with Crippen LogP contribution in [0.5, 0.6) is 0 Å². The van der Waals surface area contributed by atoms with Gasteiger partial charge in [-0.1, -0.05) is 35.9 Å². The number of rotatable bonds is 5. The highest BCUT2D eigenvalue weighted by atomic mass is 35.5. The van der Waals surface area contributed by atoms with Crippen molar-refractivity contribution in [3.8, 4) is 5.69 Å². The maximum atomic E-state index is 14.3. The van der Waals surface area contributed by atoms with Gasteiger partial charge in [0.05, 0.1) is 5.92 Å². The Morgan fingerprint density at radius 1 is 1.12 bits per heavy atom. The van der Waals surface area contributed by atoms with Crippen LogP contribution in [0.1, 0.15) is 30.1 Å². The molecule has 2 atom stereocenters. The van der Waals surface area contributed by atoms with E-state index in [9.17, 15) is 4.39 Å². The van der Waals surface area contributed by atoms with E-state index in [1.807, 2.05) is 24.3 Å². The third-order valence-corrected chi connectivity index (χ3v) is 4.88. The van der Waals surface area contributed by atoms with Gasteiger partial charge in [0.25, 0.3) is 0 Å². The lowest BCUT2D eigenvalue weighted by Crippen LogP contribution is -2.33. The van der Waals surface area contributed by atoms with Crippen LogP contribution >= 0.6 is 11.6 Å². The Morgan fingerprint density at radius 2 is 1.84 bits per heavy atom. The Bertz CT molecular complexity index is 875. The number of halogens is 2. The lowest BCUT2D eigenvalue weighted by atomic mass is 9.88. The van der Waals surface area contributed by atoms with Crippen LogP contribution in [-0.2, 0) is 0 Å². The third-order valence-electron chi connectivity index (χ3n) is 4.63. The standard InChI is InChI=1S/C18H17ClFN5/c19-13-9-7-11(8-10-13)16(17(21)12-5-6-12)18-22-23-24-25(18)15-4-2-1-3-14(15)20/h1-4,7-10,12,16-17H,5-6,21H2. The minimum absolute atomic E-state index is 0.141. The number of tetrazole rings is 1. The summed E-state index contributed by atoms with van der Waals surface area (Å²) in [4.78, 5) is 0. The van der Waals surface area contributed by atoms with E-state index < -0.39 is 0 Å². The van der Waals surface area contributed by atoms with Gasteiger partial charge in [-0.25, -0.2) is 4.39 Å². The highest BCUT2D eigenvalue weighted by Gasteiger charge is 2.38. The van der Waals surface area contributed by atoms with E-state index in [1.54, 1.807) is 18.2 Å². The van der Waals surface area contributed by atoms with Crippen LogP contribution in [0.2, 0.25) is 5.02 Å². The van der Waals surface area contributed by atoms with Crippen molar-refractivity contribution in [2.45, 2.75) is 24.8 Å². The average Bonchev–Trinajstić information content (AvgIpc) is 3.37. The molecule has 2 N–H and O–H groups in total. The molecule has 0 spiro atoms. The summed E-state index contributed by atoms with van der Waals surface area (Å²) in [7, 11) is 0. The van der Waals surface area contributed by atoms with Crippen LogP contribution in [0.15, 0.2) is 48.5 Å². The molecule has 1 heterocycles. The van der Waals surface area contributed by atoms with E-state index in [0.717, 1.165) is 18.4 Å². The zero-order valence-corrected chi connectivity index (χ0v) is 14.1. The molecule has 0 saturated heterocycles. The third kappa shape index (κ3) is 3.15. The monoisotopic (exact) mass is 357 g/mol. The summed E-state index contributed by atoms with van der Waals surface area (Å²) in [5, 5.41) is 12.6. The SMILES string of the molecule is NC(C1CC1)C(c1ccc(Cl)cc1)c1nnnn1-c1ccccc1F. The lowest BCUT2D eigenvalue weighted by molar-refractivity contribution is 0.501. The van der Waals surface area contributed by atoms with Gasteiger partial charge >= 0.3 is 0 Å². The molecule has 0 amide bonds. The van der Waals surface area contributed by atoms with E-state index in [2.05, 4.69) is 15.5 Å². The van der Waals surface area contributed by atoms with Gasteiger partial charge in [0.1, 0.15) is 11.5 Å². The summed E-state index contributed by atoms with van der Waals surface area (Å²) >= 11 is 6.02. The van der Waals surface area contributed by atoms with Gasteiger partial charge in [0, 0.05) is 11.1 Å². The second-order valence-electron chi connectivity index (χ2n) is 6.34. The van der Waals surface area contributed by atoms with Gasteiger partial charge in [-0.3, -0.25) is 0 Å². The minimum Gasteiger partial charge on any atom is -0.326 e. The molecule has 0 bridgehead atoms. The molecule has 2 unspecified atom stereocenters. The number of nitrogens with two attached hydrogens (primary N) is 1. The second-order valence-corrected chi connectivity index (χ2v) is 6.78. The normalized spacial score (nSPS) is 16.6. The summed E-state index contributed by atoms with van der Waals surface area (Å²) in [5.74, 6) is 0.337. The second kappa shape index (κ2) is 6.54. The summed E-state index contributed by atoms with van der Waals surface area (Å²) in [5.41, 5.74) is 7.81. The predicted molar refractivity (Wildman–Crippen MR) is 93.1 cm³/mol. The molecular formula is C18H17ClFN5. The molecule has 1 aromatic heterocycles. The Morgan fingerprint density at radius 3 is 2.52 bits per heavy atom. The van der Waals surface area contributed by atoms with Crippen molar-refractivity contribution in [1.29, 1.82) is 0 Å². The van der Waals surface area contributed by atoms with Gasteiger partial charge < -0.3 is 5.73 Å². The fourth-order valence-corrected chi connectivity index (χ4v) is 3.28. The summed E-state index contributed by atoms with van der Waals surface area (Å²) in [6.45, 7) is 0. The van der Waals surface area contributed by atoms with Crippen LogP contribution in [0.3, 0.4) is 0 Å². The highest BCUT2D eigenvalue weighted by Crippen LogP contribution is 2.40. The smallest absolute Gasteiger partial charge is 0.165 e. The molecule has 7 heteroatoms. The Balaban J connectivity index is 1.82. The first kappa shape index (κ1) is 16.2. The largest absolute Gasteiger partial charge is 0.326 e. The first-order chi connectivity index (χ1) is 12.1. The van der Waals surface area contributed by atoms with Crippen LogP contribution in [0, 0.1) is 11.7 Å². The molecule has 1 saturated carbocycles. The average molecular weight is 358 g/mol. The topological polar surface area (TPSA) is 69.6 Å². The number of para-hydroxylation sites is 1. The molecule has 2 aromatic carbocycles. The number of nitrogens with zero attached hydrogens (tertiary/aromatic N) is 4. The molecule has 1 aliphatic rings. The zero-order chi connectivity index (χ0) is 17.4. The lowest BCUT2D eigenvalue weighted by Gasteiger charge is -2.23. The molecule has 4 rings (SSSR count). The Labute approximate surface area is 149 Å². The van der Waals surface area contributed by atoms with Crippen molar-refractivity contribution < 1.29 is 4.39 Å². The van der Waals surface area contributed by atoms with E-state index in [-0.39, 0.29) is 17.8 Å². The molecule has 3 aromatic rings. The molecule has 0 aliphatic heterocycles. The van der Waals surface area contributed by atoms with Gasteiger partial charge in [-0.15, -0.1) is 5.10 Å². The van der Waals surface area contributed by atoms with E-state index in [1.165, 1.54) is 10.7 Å². The fraction of sp³-hybridized carbons (Fsp3) is 0.278. The van der Waals surface area contributed by atoms with Crippen LogP contribution in [-0.4, -0.2) is 26.2 Å². The van der Waals surface area contributed by atoms with Gasteiger partial charge in [-0.05, 0) is 59.0 Å². The summed E-state index contributed by atoms with van der Waals surface area (Å²) < 4.78 is 15.7.